The van der Waals surface area contributed by atoms with E-state index < -0.39 is 0 Å². The number of aromatic amines is 1. The normalized spacial score (nSPS) is 21.2. The third-order valence-corrected chi connectivity index (χ3v) is 6.25. The van der Waals surface area contributed by atoms with Crippen molar-refractivity contribution in [3.05, 3.63) is 65.5 Å². The smallest absolute Gasteiger partial charge is 0.251 e. The number of carbonyl (C=O) groups excluding carboxylic acids is 2. The first-order valence-corrected chi connectivity index (χ1v) is 10.3. The van der Waals surface area contributed by atoms with Gasteiger partial charge >= 0.3 is 0 Å². The zero-order valence-electron chi connectivity index (χ0n) is 16.2. The van der Waals surface area contributed by atoms with E-state index in [-0.39, 0.29) is 23.8 Å². The minimum atomic E-state index is -0.0636. The maximum Gasteiger partial charge on any atom is 0.251 e. The van der Waals surface area contributed by atoms with Crippen molar-refractivity contribution in [2.75, 3.05) is 0 Å². The number of amides is 2. The van der Waals surface area contributed by atoms with Gasteiger partial charge in [0.1, 0.15) is 0 Å². The molecule has 2 aliphatic rings. The number of hydrogen-bond acceptors (Lipinski definition) is 3. The number of fused-ring (bicyclic) bond motifs is 2. The molecule has 1 aliphatic carbocycles. The van der Waals surface area contributed by atoms with Crippen molar-refractivity contribution in [3.63, 3.8) is 0 Å². The Bertz CT molecular complexity index is 1040. The second-order valence-electron chi connectivity index (χ2n) is 8.12. The Balaban J connectivity index is 1.15. The van der Waals surface area contributed by atoms with Gasteiger partial charge in [0.25, 0.3) is 5.91 Å². The molecule has 1 aromatic heterocycles. The number of carbonyl (C=O) groups is 2. The Morgan fingerprint density at radius 2 is 1.72 bits per heavy atom. The van der Waals surface area contributed by atoms with Crippen LogP contribution in [0.3, 0.4) is 0 Å². The van der Waals surface area contributed by atoms with Crippen LogP contribution in [0, 0.1) is 5.92 Å². The van der Waals surface area contributed by atoms with Crippen molar-refractivity contribution in [2.24, 2.45) is 5.92 Å². The van der Waals surface area contributed by atoms with Crippen molar-refractivity contribution in [1.82, 2.24) is 20.2 Å². The summed E-state index contributed by atoms with van der Waals surface area (Å²) in [4.78, 5) is 34.8. The van der Waals surface area contributed by atoms with E-state index in [0.717, 1.165) is 49.8 Å². The van der Waals surface area contributed by atoms with Crippen molar-refractivity contribution < 1.29 is 9.59 Å². The van der Waals surface area contributed by atoms with E-state index in [1.807, 2.05) is 29.2 Å². The summed E-state index contributed by atoms with van der Waals surface area (Å²) in [5, 5.41) is 3.14. The fraction of sp³-hybridized carbons (Fsp3) is 0.348. The molecule has 0 saturated heterocycles. The van der Waals surface area contributed by atoms with E-state index in [0.29, 0.717) is 5.56 Å². The van der Waals surface area contributed by atoms with Crippen LogP contribution in [0.15, 0.2) is 48.8 Å². The van der Waals surface area contributed by atoms with Crippen molar-refractivity contribution in [2.45, 2.75) is 44.8 Å². The standard InChI is InChI=1S/C23H24N4O2/c28-22(16-7-10-20-21(11-16)25-14-24-20)26-19-8-5-15(6-9-19)23(29)27-12-17-3-1-2-4-18(17)13-27/h1-4,7,10-11,14-15,19H,5-6,8-9,12-13H2,(H,24,25)(H,26,28). The van der Waals surface area contributed by atoms with E-state index >= 15 is 0 Å². The monoisotopic (exact) mass is 388 g/mol. The van der Waals surface area contributed by atoms with Crippen molar-refractivity contribution >= 4 is 22.8 Å². The molecule has 0 radical (unpaired) electrons. The topological polar surface area (TPSA) is 78.1 Å². The molecule has 1 fully saturated rings. The minimum absolute atomic E-state index is 0.0636. The first-order chi connectivity index (χ1) is 14.2. The number of hydrogen-bond donors (Lipinski definition) is 2. The van der Waals surface area contributed by atoms with Crippen LogP contribution in [-0.4, -0.2) is 32.7 Å². The summed E-state index contributed by atoms with van der Waals surface area (Å²) in [6, 6.07) is 13.9. The van der Waals surface area contributed by atoms with Crippen molar-refractivity contribution in [1.29, 1.82) is 0 Å². The van der Waals surface area contributed by atoms with Gasteiger partial charge in [0, 0.05) is 30.6 Å². The Morgan fingerprint density at radius 3 is 2.45 bits per heavy atom. The highest BCUT2D eigenvalue weighted by atomic mass is 16.2. The number of nitrogens with one attached hydrogen (secondary N) is 2. The molecule has 148 valence electrons. The summed E-state index contributed by atoms with van der Waals surface area (Å²) >= 11 is 0. The van der Waals surface area contributed by atoms with Gasteiger partial charge in [0.15, 0.2) is 0 Å². The average molecular weight is 388 g/mol. The van der Waals surface area contributed by atoms with Crippen LogP contribution in [-0.2, 0) is 17.9 Å². The Kier molecular flexibility index (Phi) is 4.54. The lowest BCUT2D eigenvalue weighted by atomic mass is 9.85. The quantitative estimate of drug-likeness (QED) is 0.722. The molecule has 5 rings (SSSR count). The molecule has 29 heavy (non-hydrogen) atoms. The molecule has 1 aliphatic heterocycles. The van der Waals surface area contributed by atoms with Crippen LogP contribution in [0.2, 0.25) is 0 Å². The van der Waals surface area contributed by atoms with Crippen LogP contribution in [0.25, 0.3) is 11.0 Å². The number of H-pyrrole nitrogens is 1. The van der Waals surface area contributed by atoms with Gasteiger partial charge in [-0.1, -0.05) is 24.3 Å². The number of nitrogens with zero attached hydrogens (tertiary/aromatic N) is 2. The number of rotatable bonds is 3. The Hall–Kier alpha value is -3.15. The highest BCUT2D eigenvalue weighted by Gasteiger charge is 2.32. The van der Waals surface area contributed by atoms with Gasteiger partial charge in [-0.25, -0.2) is 4.98 Å². The lowest BCUT2D eigenvalue weighted by Crippen LogP contribution is -2.41. The summed E-state index contributed by atoms with van der Waals surface area (Å²) in [7, 11) is 0. The number of aromatic nitrogens is 2. The largest absolute Gasteiger partial charge is 0.349 e. The fourth-order valence-electron chi connectivity index (χ4n) is 4.58. The van der Waals surface area contributed by atoms with Gasteiger partial charge in [0.2, 0.25) is 5.91 Å². The summed E-state index contributed by atoms with van der Waals surface area (Å²) < 4.78 is 0. The lowest BCUT2D eigenvalue weighted by molar-refractivity contribution is -0.137. The van der Waals surface area contributed by atoms with Crippen LogP contribution in [0.4, 0.5) is 0 Å². The van der Waals surface area contributed by atoms with E-state index in [9.17, 15) is 9.59 Å². The van der Waals surface area contributed by atoms with E-state index in [1.54, 1.807) is 12.4 Å². The predicted octanol–water partition coefficient (Wildman–Crippen LogP) is 3.39. The minimum Gasteiger partial charge on any atom is -0.349 e. The highest BCUT2D eigenvalue weighted by Crippen LogP contribution is 2.30. The molecule has 0 bridgehead atoms. The molecule has 2 amide bonds. The molecule has 6 heteroatoms. The number of benzene rings is 2. The van der Waals surface area contributed by atoms with E-state index in [4.69, 9.17) is 0 Å². The summed E-state index contributed by atoms with van der Waals surface area (Å²) in [6.07, 6.45) is 4.97. The highest BCUT2D eigenvalue weighted by molar-refractivity contribution is 5.97. The summed E-state index contributed by atoms with van der Waals surface area (Å²) in [6.45, 7) is 1.45. The van der Waals surface area contributed by atoms with Gasteiger partial charge in [-0.3, -0.25) is 9.59 Å². The third kappa shape index (κ3) is 3.50. The SMILES string of the molecule is O=C(NC1CCC(C(=O)N2Cc3ccccc3C2)CC1)c1ccc2nc[nH]c2c1. The van der Waals surface area contributed by atoms with E-state index in [1.165, 1.54) is 11.1 Å². The maximum absolute atomic E-state index is 12.9. The second kappa shape index (κ2) is 7.35. The van der Waals surface area contributed by atoms with Gasteiger partial charge in [-0.15, -0.1) is 0 Å². The molecular weight excluding hydrogens is 364 g/mol. The molecule has 1 saturated carbocycles. The first-order valence-electron chi connectivity index (χ1n) is 10.3. The fourth-order valence-corrected chi connectivity index (χ4v) is 4.58. The third-order valence-electron chi connectivity index (χ3n) is 6.25. The van der Waals surface area contributed by atoms with Crippen LogP contribution in [0.5, 0.6) is 0 Å². The lowest BCUT2D eigenvalue weighted by Gasteiger charge is -2.30. The average Bonchev–Trinajstić information content (AvgIpc) is 3.40. The second-order valence-corrected chi connectivity index (χ2v) is 8.12. The van der Waals surface area contributed by atoms with Crippen molar-refractivity contribution in [3.8, 4) is 0 Å². The zero-order chi connectivity index (χ0) is 19.8. The van der Waals surface area contributed by atoms with Crippen LogP contribution in [0.1, 0.15) is 47.2 Å². The van der Waals surface area contributed by atoms with Gasteiger partial charge < -0.3 is 15.2 Å². The molecule has 0 spiro atoms. The summed E-state index contributed by atoms with van der Waals surface area (Å²) in [5.74, 6) is 0.265. The zero-order valence-corrected chi connectivity index (χ0v) is 16.2. The van der Waals surface area contributed by atoms with Gasteiger partial charge in [-0.05, 0) is 55.0 Å². The molecule has 0 unspecified atom stereocenters. The molecule has 2 aromatic carbocycles. The number of imidazole rings is 1. The predicted molar refractivity (Wildman–Crippen MR) is 110 cm³/mol. The molecule has 2 N–H and O–H groups in total. The summed E-state index contributed by atoms with van der Waals surface area (Å²) in [5.41, 5.74) is 4.87. The molecule has 3 aromatic rings. The molecule has 0 atom stereocenters. The van der Waals surface area contributed by atoms with Gasteiger partial charge in [0.05, 0.1) is 17.4 Å². The van der Waals surface area contributed by atoms with E-state index in [2.05, 4.69) is 27.4 Å². The van der Waals surface area contributed by atoms with Crippen LogP contribution >= 0.6 is 0 Å². The Morgan fingerprint density at radius 1 is 1.00 bits per heavy atom. The molecule has 2 heterocycles. The Labute approximate surface area is 169 Å². The van der Waals surface area contributed by atoms with Gasteiger partial charge in [-0.2, -0.15) is 0 Å². The molecule has 6 nitrogen and oxygen atoms in total. The van der Waals surface area contributed by atoms with Crippen LogP contribution < -0.4 is 5.32 Å². The maximum atomic E-state index is 12.9. The first kappa shape index (κ1) is 17.9. The molecular formula is C23H24N4O2.